The molecule has 0 spiro atoms. The molecule has 1 aliphatic carbocycles. The maximum absolute atomic E-state index is 12.4. The summed E-state index contributed by atoms with van der Waals surface area (Å²) in [6, 6.07) is 5.63. The third-order valence-electron chi connectivity index (χ3n) is 3.52. The Morgan fingerprint density at radius 1 is 1.35 bits per heavy atom. The smallest absolute Gasteiger partial charge is 0.315 e. The number of carbonyl (C=O) groups excluding carboxylic acids is 1. The number of carbonyl (C=O) groups is 1. The highest BCUT2D eigenvalue weighted by Crippen LogP contribution is 2.35. The third kappa shape index (κ3) is 3.12. The summed E-state index contributed by atoms with van der Waals surface area (Å²) in [6.07, 6.45) is 1.68. The van der Waals surface area contributed by atoms with E-state index in [0.29, 0.717) is 0 Å². The first-order chi connectivity index (χ1) is 9.31. The molecule has 0 bridgehead atoms. The van der Waals surface area contributed by atoms with Gasteiger partial charge >= 0.3 is 5.97 Å². The number of hydrogen-bond donors (Lipinski definition) is 1. The lowest BCUT2D eigenvalue weighted by Crippen LogP contribution is -2.40. The van der Waals surface area contributed by atoms with Crippen molar-refractivity contribution in [3.8, 4) is 5.75 Å². The summed E-state index contributed by atoms with van der Waals surface area (Å²) in [7, 11) is 1.62. The van der Waals surface area contributed by atoms with Crippen molar-refractivity contribution >= 4 is 5.97 Å². The van der Waals surface area contributed by atoms with Crippen molar-refractivity contribution < 1.29 is 14.3 Å². The number of fused-ring (bicyclic) bond motifs is 1. The van der Waals surface area contributed by atoms with E-state index in [1.807, 2.05) is 39.0 Å². The SMILES string of the molecule is COc1ccc2c(c1)[C@@H](C(=O)OC(C)(C)C)[C@@H](N)CC2. The average Bonchev–Trinajstić information content (AvgIpc) is 2.35. The number of ether oxygens (including phenoxy) is 2. The number of benzene rings is 1. The normalized spacial score (nSPS) is 22.1. The molecule has 20 heavy (non-hydrogen) atoms. The second-order valence-corrected chi connectivity index (χ2v) is 6.28. The number of rotatable bonds is 2. The van der Waals surface area contributed by atoms with Gasteiger partial charge in [0.25, 0.3) is 0 Å². The van der Waals surface area contributed by atoms with E-state index in [1.54, 1.807) is 7.11 Å². The largest absolute Gasteiger partial charge is 0.497 e. The van der Waals surface area contributed by atoms with E-state index >= 15 is 0 Å². The average molecular weight is 277 g/mol. The molecule has 0 radical (unpaired) electrons. The van der Waals surface area contributed by atoms with Gasteiger partial charge in [0.05, 0.1) is 13.0 Å². The zero-order valence-electron chi connectivity index (χ0n) is 12.6. The fourth-order valence-electron chi connectivity index (χ4n) is 2.60. The van der Waals surface area contributed by atoms with Crippen LogP contribution in [0.4, 0.5) is 0 Å². The van der Waals surface area contributed by atoms with Gasteiger partial charge in [-0.05, 0) is 56.9 Å². The fourth-order valence-corrected chi connectivity index (χ4v) is 2.60. The number of hydrogen-bond acceptors (Lipinski definition) is 4. The first-order valence-corrected chi connectivity index (χ1v) is 6.97. The summed E-state index contributed by atoms with van der Waals surface area (Å²) >= 11 is 0. The summed E-state index contributed by atoms with van der Waals surface area (Å²) in [5.41, 5.74) is 7.75. The summed E-state index contributed by atoms with van der Waals surface area (Å²) in [4.78, 5) is 12.4. The molecule has 0 saturated heterocycles. The van der Waals surface area contributed by atoms with Gasteiger partial charge in [-0.15, -0.1) is 0 Å². The first kappa shape index (κ1) is 14.9. The first-order valence-electron chi connectivity index (χ1n) is 6.97. The van der Waals surface area contributed by atoms with Crippen molar-refractivity contribution in [1.29, 1.82) is 0 Å². The Hall–Kier alpha value is -1.55. The van der Waals surface area contributed by atoms with Gasteiger partial charge in [0.2, 0.25) is 0 Å². The second kappa shape index (κ2) is 5.44. The minimum Gasteiger partial charge on any atom is -0.497 e. The van der Waals surface area contributed by atoms with Crippen LogP contribution in [0.2, 0.25) is 0 Å². The predicted molar refractivity (Wildman–Crippen MR) is 77.9 cm³/mol. The van der Waals surface area contributed by atoms with Gasteiger partial charge in [-0.3, -0.25) is 4.79 Å². The van der Waals surface area contributed by atoms with E-state index in [-0.39, 0.29) is 12.0 Å². The van der Waals surface area contributed by atoms with E-state index < -0.39 is 11.5 Å². The Labute approximate surface area is 120 Å². The van der Waals surface area contributed by atoms with Gasteiger partial charge in [-0.1, -0.05) is 6.07 Å². The molecule has 1 aliphatic rings. The molecule has 0 fully saturated rings. The van der Waals surface area contributed by atoms with Crippen LogP contribution in [-0.2, 0) is 16.0 Å². The Morgan fingerprint density at radius 3 is 2.65 bits per heavy atom. The lowest BCUT2D eigenvalue weighted by molar-refractivity contribution is -0.157. The lowest BCUT2D eigenvalue weighted by atomic mass is 9.79. The van der Waals surface area contributed by atoms with Crippen LogP contribution in [0.15, 0.2) is 18.2 Å². The maximum Gasteiger partial charge on any atom is 0.315 e. The quantitative estimate of drug-likeness (QED) is 0.843. The molecule has 2 N–H and O–H groups in total. The molecule has 0 amide bonds. The van der Waals surface area contributed by atoms with Gasteiger partial charge in [0, 0.05) is 6.04 Å². The summed E-state index contributed by atoms with van der Waals surface area (Å²) < 4.78 is 10.8. The number of methoxy groups -OCH3 is 1. The highest BCUT2D eigenvalue weighted by atomic mass is 16.6. The van der Waals surface area contributed by atoms with E-state index in [9.17, 15) is 4.79 Å². The number of esters is 1. The van der Waals surface area contributed by atoms with Crippen LogP contribution in [0.3, 0.4) is 0 Å². The van der Waals surface area contributed by atoms with E-state index in [4.69, 9.17) is 15.2 Å². The monoisotopic (exact) mass is 277 g/mol. The maximum atomic E-state index is 12.4. The molecule has 0 unspecified atom stereocenters. The Balaban J connectivity index is 2.36. The molecule has 0 heterocycles. The molecule has 1 aromatic rings. The van der Waals surface area contributed by atoms with Crippen molar-refractivity contribution in [1.82, 2.24) is 0 Å². The Bertz CT molecular complexity index is 505. The Kier molecular flexibility index (Phi) is 4.04. The zero-order chi connectivity index (χ0) is 14.9. The van der Waals surface area contributed by atoms with Crippen LogP contribution in [0.25, 0.3) is 0 Å². The minimum absolute atomic E-state index is 0.204. The molecule has 2 atom stereocenters. The number of nitrogens with two attached hydrogens (primary N) is 1. The topological polar surface area (TPSA) is 61.5 Å². The van der Waals surface area contributed by atoms with Crippen LogP contribution < -0.4 is 10.5 Å². The van der Waals surface area contributed by atoms with Crippen molar-refractivity contribution in [3.05, 3.63) is 29.3 Å². The van der Waals surface area contributed by atoms with Gasteiger partial charge in [-0.2, -0.15) is 0 Å². The zero-order valence-corrected chi connectivity index (χ0v) is 12.6. The third-order valence-corrected chi connectivity index (χ3v) is 3.52. The van der Waals surface area contributed by atoms with Gasteiger partial charge in [0.1, 0.15) is 11.4 Å². The molecular weight excluding hydrogens is 254 g/mol. The predicted octanol–water partition coefficient (Wildman–Crippen LogP) is 2.39. The molecule has 2 rings (SSSR count). The molecule has 0 saturated carbocycles. The van der Waals surface area contributed by atoms with E-state index in [1.165, 1.54) is 0 Å². The van der Waals surface area contributed by atoms with Crippen LogP contribution in [0.1, 0.15) is 44.2 Å². The van der Waals surface area contributed by atoms with Crippen molar-refractivity contribution in [2.24, 2.45) is 5.73 Å². The van der Waals surface area contributed by atoms with Crippen molar-refractivity contribution in [2.75, 3.05) is 7.11 Å². The highest BCUT2D eigenvalue weighted by Gasteiger charge is 2.36. The van der Waals surface area contributed by atoms with E-state index in [2.05, 4.69) is 0 Å². The van der Waals surface area contributed by atoms with Crippen LogP contribution >= 0.6 is 0 Å². The lowest BCUT2D eigenvalue weighted by Gasteiger charge is -2.32. The standard InChI is InChI=1S/C16H23NO3/c1-16(2,3)20-15(18)14-12-9-11(19-4)7-5-10(12)6-8-13(14)17/h5,7,9,13-14H,6,8,17H2,1-4H3/t13-,14+/m0/s1. The second-order valence-electron chi connectivity index (χ2n) is 6.28. The van der Waals surface area contributed by atoms with Crippen molar-refractivity contribution in [3.63, 3.8) is 0 Å². The summed E-state index contributed by atoms with van der Waals surface area (Å²) in [5, 5.41) is 0. The molecule has 1 aromatic carbocycles. The van der Waals surface area contributed by atoms with Crippen LogP contribution in [0, 0.1) is 0 Å². The van der Waals surface area contributed by atoms with Gasteiger partial charge in [0.15, 0.2) is 0 Å². The Morgan fingerprint density at radius 2 is 2.05 bits per heavy atom. The molecule has 4 nitrogen and oxygen atoms in total. The fraction of sp³-hybridized carbons (Fsp3) is 0.562. The van der Waals surface area contributed by atoms with Gasteiger partial charge in [-0.25, -0.2) is 0 Å². The molecule has 0 aliphatic heterocycles. The number of aryl methyl sites for hydroxylation is 1. The minimum atomic E-state index is -0.507. The van der Waals surface area contributed by atoms with Crippen LogP contribution in [-0.4, -0.2) is 24.7 Å². The van der Waals surface area contributed by atoms with Gasteiger partial charge < -0.3 is 15.2 Å². The molecule has 4 heteroatoms. The molecule has 0 aromatic heterocycles. The highest BCUT2D eigenvalue weighted by molar-refractivity contribution is 5.80. The summed E-state index contributed by atoms with van der Waals surface area (Å²) in [5.74, 6) is 0.0821. The van der Waals surface area contributed by atoms with Crippen molar-refractivity contribution in [2.45, 2.75) is 51.2 Å². The van der Waals surface area contributed by atoms with E-state index in [0.717, 1.165) is 29.7 Å². The summed E-state index contributed by atoms with van der Waals surface area (Å²) in [6.45, 7) is 5.60. The molecular formula is C16H23NO3. The van der Waals surface area contributed by atoms with Crippen LogP contribution in [0.5, 0.6) is 5.75 Å². The molecule has 110 valence electrons.